The molecule has 0 unspecified atom stereocenters. The zero-order valence-electron chi connectivity index (χ0n) is 22.4. The highest BCUT2D eigenvalue weighted by atomic mass is 35.5. The molecule has 42 heavy (non-hydrogen) atoms. The number of ether oxygens (including phenoxy) is 2. The number of hydrogen-bond donors (Lipinski definition) is 3. The van der Waals surface area contributed by atoms with Crippen LogP contribution in [0.4, 0.5) is 24.8 Å². The molecule has 0 radical (unpaired) electrons. The van der Waals surface area contributed by atoms with Gasteiger partial charge in [0.1, 0.15) is 21.9 Å². The maximum absolute atomic E-state index is 13.8. The van der Waals surface area contributed by atoms with E-state index < -0.39 is 17.3 Å². The Hall–Kier alpha value is -4.21. The SMILES string of the molecule is Cn1c(Nc2cc(C(F)(F)F)cn(CCCN3CCOCC3)c2=O)nc2ncc(O/C(C=N)=C3\C=NC=CN3)c(Cl)c21. The van der Waals surface area contributed by atoms with Gasteiger partial charge in [0.25, 0.3) is 5.56 Å². The summed E-state index contributed by atoms with van der Waals surface area (Å²) in [7, 11) is 1.57. The molecule has 0 aliphatic carbocycles. The van der Waals surface area contributed by atoms with Crippen molar-refractivity contribution in [1.29, 1.82) is 5.41 Å². The summed E-state index contributed by atoms with van der Waals surface area (Å²) in [6, 6.07) is 0.763. The molecule has 0 saturated carbocycles. The number of nitrogens with zero attached hydrogens (tertiary/aromatic N) is 6. The van der Waals surface area contributed by atoms with Gasteiger partial charge in [-0.1, -0.05) is 11.6 Å². The van der Waals surface area contributed by atoms with Crippen molar-refractivity contribution in [2.24, 2.45) is 12.0 Å². The highest BCUT2D eigenvalue weighted by Crippen LogP contribution is 2.35. The third-order valence-corrected chi connectivity index (χ3v) is 7.03. The molecule has 0 atom stereocenters. The first-order valence-electron chi connectivity index (χ1n) is 12.9. The van der Waals surface area contributed by atoms with Crippen LogP contribution in [0.15, 0.2) is 52.1 Å². The smallest absolute Gasteiger partial charge is 0.417 e. The van der Waals surface area contributed by atoms with Crippen LogP contribution in [-0.4, -0.2) is 69.3 Å². The Bertz CT molecular complexity index is 1640. The second-order valence-corrected chi connectivity index (χ2v) is 9.81. The molecule has 1 fully saturated rings. The molecule has 3 N–H and O–H groups in total. The van der Waals surface area contributed by atoms with Crippen molar-refractivity contribution in [3.8, 4) is 5.75 Å². The van der Waals surface area contributed by atoms with Crippen molar-refractivity contribution in [2.75, 3.05) is 38.2 Å². The van der Waals surface area contributed by atoms with Gasteiger partial charge in [0.15, 0.2) is 17.2 Å². The average molecular weight is 606 g/mol. The Balaban J connectivity index is 1.43. The molecule has 12 nitrogen and oxygen atoms in total. The van der Waals surface area contributed by atoms with Gasteiger partial charge >= 0.3 is 6.18 Å². The van der Waals surface area contributed by atoms with Crippen molar-refractivity contribution in [2.45, 2.75) is 19.1 Å². The fourth-order valence-electron chi connectivity index (χ4n) is 4.49. The predicted octanol–water partition coefficient (Wildman–Crippen LogP) is 3.65. The monoisotopic (exact) mass is 605 g/mol. The van der Waals surface area contributed by atoms with E-state index >= 15 is 0 Å². The van der Waals surface area contributed by atoms with Crippen LogP contribution in [0, 0.1) is 5.41 Å². The molecule has 0 aromatic carbocycles. The summed E-state index contributed by atoms with van der Waals surface area (Å²) in [5.41, 5.74) is -1.01. The van der Waals surface area contributed by atoms with Crippen LogP contribution >= 0.6 is 11.6 Å². The largest absolute Gasteiger partial charge is 0.450 e. The van der Waals surface area contributed by atoms with Gasteiger partial charge in [-0.2, -0.15) is 18.2 Å². The molecule has 3 aromatic heterocycles. The fraction of sp³-hybridized carbons (Fsp3) is 0.346. The fourth-order valence-corrected chi connectivity index (χ4v) is 4.79. The average Bonchev–Trinajstić information content (AvgIpc) is 3.30. The second-order valence-electron chi connectivity index (χ2n) is 9.44. The van der Waals surface area contributed by atoms with Crippen molar-refractivity contribution < 1.29 is 22.6 Å². The topological polar surface area (TPSA) is 135 Å². The summed E-state index contributed by atoms with van der Waals surface area (Å²) in [5.74, 6) is 0.269. The molecule has 0 amide bonds. The molecular weight excluding hydrogens is 579 g/mol. The van der Waals surface area contributed by atoms with Gasteiger partial charge in [-0.25, -0.2) is 4.98 Å². The quantitative estimate of drug-likeness (QED) is 0.249. The van der Waals surface area contributed by atoms with Crippen molar-refractivity contribution in [3.05, 3.63) is 63.3 Å². The number of fused-ring (bicyclic) bond motifs is 1. The predicted molar refractivity (Wildman–Crippen MR) is 152 cm³/mol. The Morgan fingerprint density at radius 1 is 1.31 bits per heavy atom. The van der Waals surface area contributed by atoms with E-state index in [1.165, 1.54) is 23.2 Å². The number of imidazole rings is 1. The lowest BCUT2D eigenvalue weighted by Gasteiger charge is -2.26. The number of allylic oxidation sites excluding steroid dienone is 2. The first-order valence-corrected chi connectivity index (χ1v) is 13.3. The maximum Gasteiger partial charge on any atom is 0.417 e. The van der Waals surface area contributed by atoms with Crippen LogP contribution in [-0.2, 0) is 24.5 Å². The molecule has 2 aliphatic rings. The summed E-state index contributed by atoms with van der Waals surface area (Å²) >= 11 is 6.62. The van der Waals surface area contributed by atoms with Crippen LogP contribution in [0.2, 0.25) is 5.02 Å². The minimum atomic E-state index is -4.67. The Morgan fingerprint density at radius 3 is 2.79 bits per heavy atom. The third kappa shape index (κ3) is 6.32. The number of rotatable bonds is 9. The Labute approximate surface area is 242 Å². The molecule has 0 bridgehead atoms. The number of pyridine rings is 2. The Kier molecular flexibility index (Phi) is 8.61. The van der Waals surface area contributed by atoms with Gasteiger partial charge in [0.05, 0.1) is 37.4 Å². The number of anilines is 2. The molecular formula is C26H27ClF3N9O3. The van der Waals surface area contributed by atoms with Gasteiger partial charge in [-0.05, 0) is 12.5 Å². The molecule has 5 heterocycles. The summed E-state index contributed by atoms with van der Waals surface area (Å²) in [6.07, 6.45) is 3.50. The first kappa shape index (κ1) is 29.3. The number of aliphatic imine (C=N–C) groups is 1. The number of aryl methyl sites for hydroxylation is 2. The lowest BCUT2D eigenvalue weighted by molar-refractivity contribution is -0.138. The number of nitrogens with one attached hydrogen (secondary N) is 3. The molecule has 16 heteroatoms. The molecule has 1 saturated heterocycles. The maximum atomic E-state index is 13.8. The summed E-state index contributed by atoms with van der Waals surface area (Å²) < 4.78 is 55.0. The first-order chi connectivity index (χ1) is 20.2. The van der Waals surface area contributed by atoms with E-state index in [0.717, 1.165) is 36.1 Å². The van der Waals surface area contributed by atoms with Gasteiger partial charge in [-0.15, -0.1) is 0 Å². The molecule has 5 rings (SSSR count). The van der Waals surface area contributed by atoms with Gasteiger partial charge < -0.3 is 34.7 Å². The van der Waals surface area contributed by atoms with Gasteiger partial charge in [0, 0.05) is 51.8 Å². The van der Waals surface area contributed by atoms with Gasteiger partial charge in [0.2, 0.25) is 5.95 Å². The number of alkyl halides is 3. The van der Waals surface area contributed by atoms with E-state index in [0.29, 0.717) is 37.4 Å². The van der Waals surface area contributed by atoms with E-state index in [1.807, 2.05) is 0 Å². The number of morpholine rings is 1. The van der Waals surface area contributed by atoms with E-state index in [1.54, 1.807) is 13.2 Å². The van der Waals surface area contributed by atoms with Crippen LogP contribution in [0.3, 0.4) is 0 Å². The minimum absolute atomic E-state index is 0.0460. The van der Waals surface area contributed by atoms with Gasteiger partial charge in [-0.3, -0.25) is 14.7 Å². The molecule has 0 spiro atoms. The van der Waals surface area contributed by atoms with Crippen molar-refractivity contribution in [3.63, 3.8) is 0 Å². The van der Waals surface area contributed by atoms with E-state index in [4.69, 9.17) is 26.5 Å². The Morgan fingerprint density at radius 2 is 2.10 bits per heavy atom. The van der Waals surface area contributed by atoms with E-state index in [2.05, 4.69) is 30.5 Å². The summed E-state index contributed by atoms with van der Waals surface area (Å²) in [6.45, 7) is 3.42. The number of hydrogen-bond acceptors (Lipinski definition) is 10. The number of aromatic nitrogens is 4. The lowest BCUT2D eigenvalue weighted by atomic mass is 10.2. The highest BCUT2D eigenvalue weighted by Gasteiger charge is 2.32. The standard InChI is InChI=1S/C26H27ClF3N9O3/c1-37-22-21(27)20(42-19(12-31)18-13-32-3-4-33-18)14-34-23(22)36-25(37)35-17-11-16(26(28,29)30)15-39(24(17)40)6-2-5-38-7-9-41-10-8-38/h3-4,11-15,31,33H,2,5-10H2,1H3,(H,34,35,36)/b19-18+,31-12?. The third-order valence-electron chi connectivity index (χ3n) is 6.66. The van der Waals surface area contributed by atoms with E-state index in [9.17, 15) is 18.0 Å². The van der Waals surface area contributed by atoms with Crippen molar-refractivity contribution >= 4 is 46.8 Å². The summed E-state index contributed by atoms with van der Waals surface area (Å²) in [4.78, 5) is 28.0. The number of halogens is 4. The molecule has 3 aromatic rings. The van der Waals surface area contributed by atoms with Crippen LogP contribution < -0.4 is 20.9 Å². The van der Waals surface area contributed by atoms with Crippen LogP contribution in [0.25, 0.3) is 11.2 Å². The second kappa shape index (κ2) is 12.3. The van der Waals surface area contributed by atoms with Crippen LogP contribution in [0.5, 0.6) is 5.75 Å². The molecule has 222 valence electrons. The van der Waals surface area contributed by atoms with Crippen LogP contribution in [0.1, 0.15) is 12.0 Å². The van der Waals surface area contributed by atoms with E-state index in [-0.39, 0.29) is 40.4 Å². The van der Waals surface area contributed by atoms with Crippen molar-refractivity contribution in [1.82, 2.24) is 29.3 Å². The lowest BCUT2D eigenvalue weighted by Crippen LogP contribution is -2.37. The summed E-state index contributed by atoms with van der Waals surface area (Å²) in [5, 5.41) is 13.4. The normalized spacial score (nSPS) is 16.9. The molecule has 2 aliphatic heterocycles. The minimum Gasteiger partial charge on any atom is -0.450 e. The highest BCUT2D eigenvalue weighted by molar-refractivity contribution is 6.36. The zero-order chi connectivity index (χ0) is 29.9. The zero-order valence-corrected chi connectivity index (χ0v) is 23.2.